The van der Waals surface area contributed by atoms with Crippen LogP contribution in [-0.2, 0) is 40.0 Å². The van der Waals surface area contributed by atoms with Crippen molar-refractivity contribution in [3.05, 3.63) is 29.8 Å². The molecule has 1 aromatic carbocycles. The van der Waals surface area contributed by atoms with Crippen molar-refractivity contribution >= 4 is 41.4 Å². The molecular formula is C34H55N7O9. The Bertz CT molecular complexity index is 1330. The lowest BCUT2D eigenvalue weighted by Gasteiger charge is -2.28. The highest BCUT2D eigenvalue weighted by Gasteiger charge is 2.34. The van der Waals surface area contributed by atoms with Gasteiger partial charge in [-0.25, -0.2) is 4.79 Å². The van der Waals surface area contributed by atoms with Gasteiger partial charge in [0.2, 0.25) is 35.4 Å². The summed E-state index contributed by atoms with van der Waals surface area (Å²) >= 11 is 0. The molecule has 0 aliphatic rings. The van der Waals surface area contributed by atoms with Gasteiger partial charge in [0, 0.05) is 6.42 Å². The molecule has 50 heavy (non-hydrogen) atoms. The Balaban J connectivity index is 3.39. The number of hydrogen-bond acceptors (Lipinski definition) is 9. The van der Waals surface area contributed by atoms with Crippen LogP contribution in [0.1, 0.15) is 79.7 Å². The Morgan fingerprint density at radius 3 is 1.36 bits per heavy atom. The molecule has 16 heteroatoms. The van der Waals surface area contributed by atoms with Crippen molar-refractivity contribution in [1.29, 1.82) is 0 Å². The highest BCUT2D eigenvalue weighted by Crippen LogP contribution is 2.14. The molecule has 0 saturated carbocycles. The number of amides is 6. The van der Waals surface area contributed by atoms with Gasteiger partial charge in [0.1, 0.15) is 36.0 Å². The lowest BCUT2D eigenvalue weighted by Crippen LogP contribution is -2.60. The minimum Gasteiger partial charge on any atom is -0.508 e. The van der Waals surface area contributed by atoms with E-state index in [1.165, 1.54) is 19.1 Å². The fraction of sp³-hybridized carbons (Fsp3) is 0.618. The third kappa shape index (κ3) is 16.1. The van der Waals surface area contributed by atoms with Crippen molar-refractivity contribution < 1.29 is 43.8 Å². The third-order valence-electron chi connectivity index (χ3n) is 7.46. The maximum atomic E-state index is 13.9. The molecule has 0 fully saturated rings. The van der Waals surface area contributed by atoms with Crippen LogP contribution in [-0.4, -0.2) is 87.9 Å². The normalized spacial score (nSPS) is 14.9. The van der Waals surface area contributed by atoms with Gasteiger partial charge < -0.3 is 48.3 Å². The van der Waals surface area contributed by atoms with Crippen LogP contribution < -0.4 is 38.1 Å². The van der Waals surface area contributed by atoms with Crippen LogP contribution in [0.5, 0.6) is 5.75 Å². The standard InChI is InChI=1S/C34H55N7O9/c1-17(2)12-23(37-29(44)20(7)35)30(45)39-25(15-21-8-10-22(42)11-9-21)32(47)38-24(13-18(3)4)31(46)40-26(16-28(36)43)33(48)41-27(34(49)50)14-19(5)6/h8-11,17-20,23-27,42H,12-16,35H2,1-7H3,(H2,36,43)(H,37,44)(H,38,47)(H,39,45)(H,40,46)(H,41,48)(H,49,50)/t20-,23-,24-,25-,26-,27-/m0/s1. The van der Waals surface area contributed by atoms with E-state index in [0.717, 1.165) is 0 Å². The van der Waals surface area contributed by atoms with Gasteiger partial charge in [-0.3, -0.25) is 28.8 Å². The summed E-state index contributed by atoms with van der Waals surface area (Å²) in [4.78, 5) is 90.1. The first-order valence-electron chi connectivity index (χ1n) is 16.8. The lowest BCUT2D eigenvalue weighted by molar-refractivity contribution is -0.143. The molecule has 280 valence electrons. The molecule has 0 bridgehead atoms. The second-order valence-corrected chi connectivity index (χ2v) is 13.9. The number of rotatable bonds is 21. The van der Waals surface area contributed by atoms with E-state index in [4.69, 9.17) is 11.5 Å². The number of primary amides is 1. The first-order valence-corrected chi connectivity index (χ1v) is 16.8. The van der Waals surface area contributed by atoms with E-state index in [-0.39, 0.29) is 49.2 Å². The molecule has 6 atom stereocenters. The fourth-order valence-corrected chi connectivity index (χ4v) is 4.98. The van der Waals surface area contributed by atoms with Crippen molar-refractivity contribution in [3.8, 4) is 5.75 Å². The molecule has 1 aromatic rings. The van der Waals surface area contributed by atoms with Crippen molar-refractivity contribution in [2.24, 2.45) is 29.2 Å². The molecule has 0 heterocycles. The average molecular weight is 706 g/mol. The highest BCUT2D eigenvalue weighted by atomic mass is 16.4. The Morgan fingerprint density at radius 2 is 0.940 bits per heavy atom. The van der Waals surface area contributed by atoms with Crippen LogP contribution in [0.25, 0.3) is 0 Å². The second kappa shape index (κ2) is 20.7. The van der Waals surface area contributed by atoms with Crippen LogP contribution in [0.2, 0.25) is 0 Å². The van der Waals surface area contributed by atoms with Gasteiger partial charge >= 0.3 is 5.97 Å². The van der Waals surface area contributed by atoms with Crippen LogP contribution in [0, 0.1) is 17.8 Å². The minimum atomic E-state index is -1.54. The summed E-state index contributed by atoms with van der Waals surface area (Å²) < 4.78 is 0. The summed E-state index contributed by atoms with van der Waals surface area (Å²) in [7, 11) is 0. The number of phenols is 1. The molecule has 0 unspecified atom stereocenters. The number of carbonyl (C=O) groups is 7. The van der Waals surface area contributed by atoms with Gasteiger partial charge in [0.25, 0.3) is 0 Å². The van der Waals surface area contributed by atoms with E-state index in [1.54, 1.807) is 39.8 Å². The number of hydrogen-bond donors (Lipinski definition) is 9. The predicted molar refractivity (Wildman–Crippen MR) is 185 cm³/mol. The maximum absolute atomic E-state index is 13.9. The number of carboxylic acids is 1. The van der Waals surface area contributed by atoms with Gasteiger partial charge in [-0.05, 0) is 61.6 Å². The van der Waals surface area contributed by atoms with Crippen molar-refractivity contribution in [2.45, 2.75) is 117 Å². The molecule has 0 aromatic heterocycles. The average Bonchev–Trinajstić information content (AvgIpc) is 2.99. The summed E-state index contributed by atoms with van der Waals surface area (Å²) in [5.41, 5.74) is 11.6. The van der Waals surface area contributed by atoms with Gasteiger partial charge in [0.05, 0.1) is 12.5 Å². The lowest BCUT2D eigenvalue weighted by atomic mass is 9.99. The first-order chi connectivity index (χ1) is 23.2. The third-order valence-corrected chi connectivity index (χ3v) is 7.46. The van der Waals surface area contributed by atoms with E-state index in [2.05, 4.69) is 26.6 Å². The summed E-state index contributed by atoms with van der Waals surface area (Å²) in [6.45, 7) is 12.3. The number of carbonyl (C=O) groups excluding carboxylic acids is 6. The van der Waals surface area contributed by atoms with Crippen LogP contribution in [0.3, 0.4) is 0 Å². The zero-order valence-electron chi connectivity index (χ0n) is 29.9. The molecule has 0 spiro atoms. The number of nitrogens with two attached hydrogens (primary N) is 2. The summed E-state index contributed by atoms with van der Waals surface area (Å²) in [5, 5.41) is 32.0. The van der Waals surface area contributed by atoms with E-state index >= 15 is 0 Å². The van der Waals surface area contributed by atoms with E-state index in [1.807, 2.05) is 13.8 Å². The first kappa shape index (κ1) is 43.3. The van der Waals surface area contributed by atoms with E-state index in [0.29, 0.717) is 5.56 Å². The molecule has 16 nitrogen and oxygen atoms in total. The Labute approximate surface area is 293 Å². The molecule has 0 saturated heterocycles. The van der Waals surface area contributed by atoms with E-state index < -0.39 is 84.1 Å². The van der Waals surface area contributed by atoms with Gasteiger partial charge in [-0.1, -0.05) is 53.7 Å². The van der Waals surface area contributed by atoms with Crippen LogP contribution >= 0.6 is 0 Å². The topological polar surface area (TPSA) is 272 Å². The maximum Gasteiger partial charge on any atom is 0.326 e. The SMILES string of the molecule is CC(C)C[C@H](NC(=O)[C@H](CC(N)=O)NC(=O)[C@H](CC(C)C)NC(=O)[C@H](Cc1ccc(O)cc1)NC(=O)[C@H](CC(C)C)NC(=O)[C@H](C)N)C(=O)O. The van der Waals surface area contributed by atoms with Crippen molar-refractivity contribution in [1.82, 2.24) is 26.6 Å². The Kier molecular flexibility index (Phi) is 17.9. The number of carboxylic acid groups (broad SMARTS) is 1. The predicted octanol–water partition coefficient (Wildman–Crippen LogP) is -0.196. The number of phenolic OH excluding ortho intramolecular Hbond substituents is 1. The van der Waals surface area contributed by atoms with Crippen molar-refractivity contribution in [2.75, 3.05) is 0 Å². The second-order valence-electron chi connectivity index (χ2n) is 13.9. The molecule has 11 N–H and O–H groups in total. The number of nitrogens with one attached hydrogen (secondary N) is 5. The molecule has 1 rings (SSSR count). The van der Waals surface area contributed by atoms with Gasteiger partial charge in [-0.15, -0.1) is 0 Å². The van der Waals surface area contributed by atoms with Gasteiger partial charge in [0.15, 0.2) is 0 Å². The highest BCUT2D eigenvalue weighted by molar-refractivity contribution is 5.97. The number of aromatic hydroxyl groups is 1. The molecule has 0 radical (unpaired) electrons. The molecule has 6 amide bonds. The quantitative estimate of drug-likeness (QED) is 0.0813. The number of benzene rings is 1. The van der Waals surface area contributed by atoms with Crippen LogP contribution in [0.4, 0.5) is 0 Å². The monoisotopic (exact) mass is 705 g/mol. The largest absolute Gasteiger partial charge is 0.508 e. The fourth-order valence-electron chi connectivity index (χ4n) is 4.98. The Morgan fingerprint density at radius 1 is 0.580 bits per heavy atom. The summed E-state index contributed by atoms with van der Waals surface area (Å²) in [6, 6.07) is -1.36. The molecular weight excluding hydrogens is 650 g/mol. The molecule has 0 aliphatic heterocycles. The molecule has 0 aliphatic carbocycles. The van der Waals surface area contributed by atoms with Crippen LogP contribution in [0.15, 0.2) is 24.3 Å². The Hall–Kier alpha value is -4.73. The zero-order chi connectivity index (χ0) is 38.3. The van der Waals surface area contributed by atoms with Crippen molar-refractivity contribution in [3.63, 3.8) is 0 Å². The zero-order valence-corrected chi connectivity index (χ0v) is 29.9. The van der Waals surface area contributed by atoms with E-state index in [9.17, 15) is 43.8 Å². The minimum absolute atomic E-state index is 0.0171. The smallest absolute Gasteiger partial charge is 0.326 e. The number of aliphatic carboxylic acids is 1. The van der Waals surface area contributed by atoms with Gasteiger partial charge in [-0.2, -0.15) is 0 Å². The summed E-state index contributed by atoms with van der Waals surface area (Å²) in [6.07, 6.45) is -0.306. The summed E-state index contributed by atoms with van der Waals surface area (Å²) in [5.74, 6) is -6.31.